The van der Waals surface area contributed by atoms with Gasteiger partial charge in [0.15, 0.2) is 0 Å². The van der Waals surface area contributed by atoms with Crippen LogP contribution in [-0.4, -0.2) is 13.1 Å². The highest BCUT2D eigenvalue weighted by Gasteiger charge is 2.08. The fraction of sp³-hybridized carbons (Fsp3) is 0.267. The number of anilines is 1. The van der Waals surface area contributed by atoms with E-state index in [0.717, 1.165) is 11.3 Å². The molecule has 1 aromatic carbocycles. The molecular formula is C15H18N2O3. The first-order valence-corrected chi connectivity index (χ1v) is 6.33. The van der Waals surface area contributed by atoms with E-state index in [1.54, 1.807) is 7.11 Å². The van der Waals surface area contributed by atoms with Crippen LogP contribution in [0.4, 0.5) is 10.5 Å². The Morgan fingerprint density at radius 3 is 2.70 bits per heavy atom. The second kappa shape index (κ2) is 6.14. The summed E-state index contributed by atoms with van der Waals surface area (Å²) in [6, 6.07) is 8.99. The molecule has 0 unspecified atom stereocenters. The lowest BCUT2D eigenvalue weighted by atomic mass is 10.2. The standard InChI is InChI=1S/C15H18N2O3/c1-10-4-7-14(19-3)13(8-10)17-15(18)16-9-12-6-5-11(2)20-12/h4-8H,9H2,1-3H3,(H2,16,17,18). The summed E-state index contributed by atoms with van der Waals surface area (Å²) in [6.07, 6.45) is 0. The fourth-order valence-corrected chi connectivity index (χ4v) is 1.83. The summed E-state index contributed by atoms with van der Waals surface area (Å²) in [7, 11) is 1.57. The molecule has 0 radical (unpaired) electrons. The van der Waals surface area contributed by atoms with E-state index in [1.165, 1.54) is 0 Å². The lowest BCUT2D eigenvalue weighted by Gasteiger charge is -2.11. The molecule has 2 amide bonds. The Balaban J connectivity index is 1.96. The molecule has 5 heteroatoms. The predicted molar refractivity (Wildman–Crippen MR) is 77.0 cm³/mol. The summed E-state index contributed by atoms with van der Waals surface area (Å²) >= 11 is 0. The van der Waals surface area contributed by atoms with Gasteiger partial charge in [-0.1, -0.05) is 6.07 Å². The Morgan fingerprint density at radius 1 is 1.25 bits per heavy atom. The van der Waals surface area contributed by atoms with E-state index in [0.29, 0.717) is 23.7 Å². The topological polar surface area (TPSA) is 63.5 Å². The number of aryl methyl sites for hydroxylation is 2. The second-order valence-corrected chi connectivity index (χ2v) is 4.52. The quantitative estimate of drug-likeness (QED) is 0.899. The highest BCUT2D eigenvalue weighted by atomic mass is 16.5. The van der Waals surface area contributed by atoms with Gasteiger partial charge in [0.05, 0.1) is 19.3 Å². The molecular weight excluding hydrogens is 256 g/mol. The summed E-state index contributed by atoms with van der Waals surface area (Å²) in [5, 5.41) is 5.49. The molecule has 0 atom stereocenters. The molecule has 0 aliphatic carbocycles. The number of benzene rings is 1. The summed E-state index contributed by atoms with van der Waals surface area (Å²) in [6.45, 7) is 4.16. The monoisotopic (exact) mass is 274 g/mol. The zero-order valence-electron chi connectivity index (χ0n) is 11.8. The predicted octanol–water partition coefficient (Wildman–Crippen LogP) is 3.23. The zero-order chi connectivity index (χ0) is 14.5. The van der Waals surface area contributed by atoms with Crippen LogP contribution in [0.25, 0.3) is 0 Å². The molecule has 2 rings (SSSR count). The molecule has 2 N–H and O–H groups in total. The second-order valence-electron chi connectivity index (χ2n) is 4.52. The molecule has 5 nitrogen and oxygen atoms in total. The molecule has 106 valence electrons. The first-order valence-electron chi connectivity index (χ1n) is 6.33. The molecule has 0 saturated carbocycles. The molecule has 1 heterocycles. The third-order valence-electron chi connectivity index (χ3n) is 2.82. The van der Waals surface area contributed by atoms with Crippen molar-refractivity contribution < 1.29 is 13.9 Å². The first kappa shape index (κ1) is 14.0. The number of carbonyl (C=O) groups excluding carboxylic acids is 1. The highest BCUT2D eigenvalue weighted by molar-refractivity contribution is 5.91. The average molecular weight is 274 g/mol. The van der Waals surface area contributed by atoms with Crippen LogP contribution in [0.3, 0.4) is 0 Å². The van der Waals surface area contributed by atoms with Gasteiger partial charge in [0.1, 0.15) is 17.3 Å². The summed E-state index contributed by atoms with van der Waals surface area (Å²) in [4.78, 5) is 11.9. The SMILES string of the molecule is COc1ccc(C)cc1NC(=O)NCc1ccc(C)o1. The number of nitrogens with one attached hydrogen (secondary N) is 2. The summed E-state index contributed by atoms with van der Waals surface area (Å²) in [5.41, 5.74) is 1.68. The van der Waals surface area contributed by atoms with Gasteiger partial charge < -0.3 is 19.8 Å². The van der Waals surface area contributed by atoms with Crippen LogP contribution in [0.1, 0.15) is 17.1 Å². The zero-order valence-corrected chi connectivity index (χ0v) is 11.8. The number of furan rings is 1. The fourth-order valence-electron chi connectivity index (χ4n) is 1.83. The largest absolute Gasteiger partial charge is 0.495 e. The van der Waals surface area contributed by atoms with E-state index >= 15 is 0 Å². The molecule has 0 aliphatic heterocycles. The van der Waals surface area contributed by atoms with Gasteiger partial charge in [0, 0.05) is 0 Å². The van der Waals surface area contributed by atoms with Gasteiger partial charge in [-0.2, -0.15) is 0 Å². The highest BCUT2D eigenvalue weighted by Crippen LogP contribution is 2.24. The number of urea groups is 1. The number of methoxy groups -OCH3 is 1. The van der Waals surface area contributed by atoms with E-state index in [4.69, 9.17) is 9.15 Å². The first-order chi connectivity index (χ1) is 9.58. The molecule has 20 heavy (non-hydrogen) atoms. The van der Waals surface area contributed by atoms with Gasteiger partial charge in [-0.3, -0.25) is 0 Å². The summed E-state index contributed by atoms with van der Waals surface area (Å²) in [5.74, 6) is 2.16. The van der Waals surface area contributed by atoms with Crippen molar-refractivity contribution in [2.45, 2.75) is 20.4 Å². The minimum Gasteiger partial charge on any atom is -0.495 e. The van der Waals surface area contributed by atoms with E-state index in [1.807, 2.05) is 44.2 Å². The van der Waals surface area contributed by atoms with Crippen molar-refractivity contribution in [1.29, 1.82) is 0 Å². The third-order valence-corrected chi connectivity index (χ3v) is 2.82. The van der Waals surface area contributed by atoms with Crippen LogP contribution in [0.2, 0.25) is 0 Å². The van der Waals surface area contributed by atoms with Gasteiger partial charge in [-0.25, -0.2) is 4.79 Å². The van der Waals surface area contributed by atoms with E-state index < -0.39 is 0 Å². The number of hydrogen-bond donors (Lipinski definition) is 2. The Morgan fingerprint density at radius 2 is 2.05 bits per heavy atom. The van der Waals surface area contributed by atoms with Crippen molar-refractivity contribution in [2.24, 2.45) is 0 Å². The number of ether oxygens (including phenoxy) is 1. The Kier molecular flexibility index (Phi) is 4.30. The maximum atomic E-state index is 11.9. The molecule has 0 spiro atoms. The van der Waals surface area contributed by atoms with E-state index in [2.05, 4.69) is 10.6 Å². The van der Waals surface area contributed by atoms with Gasteiger partial charge >= 0.3 is 6.03 Å². The van der Waals surface area contributed by atoms with Crippen molar-refractivity contribution in [2.75, 3.05) is 12.4 Å². The number of amides is 2. The smallest absolute Gasteiger partial charge is 0.319 e. The van der Waals surface area contributed by atoms with Crippen LogP contribution in [0, 0.1) is 13.8 Å². The van der Waals surface area contributed by atoms with Crippen LogP contribution in [0.5, 0.6) is 5.75 Å². The average Bonchev–Trinajstić information content (AvgIpc) is 2.83. The maximum Gasteiger partial charge on any atom is 0.319 e. The van der Waals surface area contributed by atoms with Crippen LogP contribution >= 0.6 is 0 Å². The molecule has 0 aliphatic rings. The minimum atomic E-state index is -0.303. The molecule has 0 saturated heterocycles. The van der Waals surface area contributed by atoms with Crippen LogP contribution in [-0.2, 0) is 6.54 Å². The maximum absolute atomic E-state index is 11.9. The van der Waals surface area contributed by atoms with Gasteiger partial charge in [0.2, 0.25) is 0 Å². The molecule has 0 bridgehead atoms. The Hall–Kier alpha value is -2.43. The Bertz CT molecular complexity index is 605. The van der Waals surface area contributed by atoms with Crippen LogP contribution < -0.4 is 15.4 Å². The number of rotatable bonds is 4. The minimum absolute atomic E-state index is 0.303. The van der Waals surface area contributed by atoms with Gasteiger partial charge in [-0.15, -0.1) is 0 Å². The summed E-state index contributed by atoms with van der Waals surface area (Å²) < 4.78 is 10.6. The molecule has 2 aromatic rings. The molecule has 1 aromatic heterocycles. The van der Waals surface area contributed by atoms with Crippen molar-refractivity contribution in [1.82, 2.24) is 5.32 Å². The van der Waals surface area contributed by atoms with Crippen molar-refractivity contribution in [3.8, 4) is 5.75 Å². The molecule has 0 fully saturated rings. The van der Waals surface area contributed by atoms with Crippen molar-refractivity contribution >= 4 is 11.7 Å². The normalized spacial score (nSPS) is 10.2. The number of carbonyl (C=O) groups is 1. The number of hydrogen-bond acceptors (Lipinski definition) is 3. The third kappa shape index (κ3) is 3.54. The van der Waals surface area contributed by atoms with Gasteiger partial charge in [0.25, 0.3) is 0 Å². The van der Waals surface area contributed by atoms with E-state index in [9.17, 15) is 4.79 Å². The lowest BCUT2D eigenvalue weighted by Crippen LogP contribution is -2.28. The Labute approximate surface area is 117 Å². The van der Waals surface area contributed by atoms with E-state index in [-0.39, 0.29) is 6.03 Å². The lowest BCUT2D eigenvalue weighted by molar-refractivity contribution is 0.250. The van der Waals surface area contributed by atoms with Crippen molar-refractivity contribution in [3.05, 3.63) is 47.4 Å². The van der Waals surface area contributed by atoms with Crippen molar-refractivity contribution in [3.63, 3.8) is 0 Å². The van der Waals surface area contributed by atoms with Crippen LogP contribution in [0.15, 0.2) is 34.7 Å². The van der Waals surface area contributed by atoms with Gasteiger partial charge in [-0.05, 0) is 43.7 Å².